The number of hydrazine groups is 1. The van der Waals surface area contributed by atoms with Crippen LogP contribution in [-0.4, -0.2) is 68.0 Å². The number of carbonyl (C=O) groups is 2. The first-order chi connectivity index (χ1) is 12.4. The first kappa shape index (κ1) is 20.3. The van der Waals surface area contributed by atoms with Gasteiger partial charge >= 0.3 is 6.09 Å². The Morgan fingerprint density at radius 2 is 2.12 bits per heavy atom. The van der Waals surface area contributed by atoms with E-state index < -0.39 is 24.1 Å². The molecule has 2 rings (SSSR count). The van der Waals surface area contributed by atoms with Crippen LogP contribution in [0.2, 0.25) is 5.02 Å². The summed E-state index contributed by atoms with van der Waals surface area (Å²) in [5.41, 5.74) is 0.269. The average Bonchev–Trinajstić information content (AvgIpc) is 2.66. The Kier molecular flexibility index (Phi) is 7.07. The highest BCUT2D eigenvalue weighted by Gasteiger charge is 2.37. The molecule has 2 amide bonds. The summed E-state index contributed by atoms with van der Waals surface area (Å²) in [6.07, 6.45) is -0.380. The molecule has 0 radical (unpaired) electrons. The molecule has 1 aliphatic heterocycles. The molecular formula is C17H24ClN3O5. The molecule has 0 aromatic heterocycles. The van der Waals surface area contributed by atoms with E-state index in [4.69, 9.17) is 31.7 Å². The van der Waals surface area contributed by atoms with Crippen molar-refractivity contribution in [2.24, 2.45) is 5.84 Å². The van der Waals surface area contributed by atoms with Gasteiger partial charge in [0.1, 0.15) is 5.75 Å². The molecule has 1 fully saturated rings. The first-order valence-electron chi connectivity index (χ1n) is 8.29. The van der Waals surface area contributed by atoms with Crippen LogP contribution in [0.4, 0.5) is 4.79 Å². The maximum Gasteiger partial charge on any atom is 0.409 e. The van der Waals surface area contributed by atoms with Crippen LogP contribution >= 0.6 is 11.6 Å². The Labute approximate surface area is 157 Å². The Morgan fingerprint density at radius 3 is 2.73 bits per heavy atom. The van der Waals surface area contributed by atoms with Crippen molar-refractivity contribution in [2.75, 3.05) is 33.9 Å². The second-order valence-corrected chi connectivity index (χ2v) is 6.27. The Hall–Kier alpha value is -2.03. The number of rotatable bonds is 5. The number of nitrogens with zero attached hydrogens (tertiary/aromatic N) is 2. The van der Waals surface area contributed by atoms with E-state index in [0.29, 0.717) is 30.3 Å². The lowest BCUT2D eigenvalue weighted by atomic mass is 10.0. The van der Waals surface area contributed by atoms with Gasteiger partial charge in [-0.3, -0.25) is 9.80 Å². The van der Waals surface area contributed by atoms with Crippen molar-refractivity contribution < 1.29 is 23.8 Å². The number of methoxy groups -OCH3 is 2. The van der Waals surface area contributed by atoms with Gasteiger partial charge in [-0.15, -0.1) is 0 Å². The van der Waals surface area contributed by atoms with Crippen LogP contribution in [0.15, 0.2) is 18.2 Å². The second-order valence-electron chi connectivity index (χ2n) is 5.83. The third kappa shape index (κ3) is 4.38. The molecular weight excluding hydrogens is 362 g/mol. The summed E-state index contributed by atoms with van der Waals surface area (Å²) in [6.45, 7) is 2.74. The van der Waals surface area contributed by atoms with Crippen LogP contribution < -0.4 is 10.6 Å². The zero-order chi connectivity index (χ0) is 19.3. The molecule has 2 unspecified atom stereocenters. The molecule has 1 aromatic rings. The molecule has 26 heavy (non-hydrogen) atoms. The highest BCUT2D eigenvalue weighted by Crippen LogP contribution is 2.26. The normalized spacial score (nSPS) is 19.8. The number of hydrogen-bond donors (Lipinski definition) is 1. The van der Waals surface area contributed by atoms with E-state index >= 15 is 0 Å². The number of nitrogens with two attached hydrogens (primary N) is 1. The summed E-state index contributed by atoms with van der Waals surface area (Å²) >= 11 is 6.00. The largest absolute Gasteiger partial charge is 0.496 e. The summed E-state index contributed by atoms with van der Waals surface area (Å²) in [5, 5.41) is 1.54. The third-order valence-corrected chi connectivity index (χ3v) is 4.57. The van der Waals surface area contributed by atoms with E-state index in [0.717, 1.165) is 5.01 Å². The highest BCUT2D eigenvalue weighted by molar-refractivity contribution is 6.31. The predicted octanol–water partition coefficient (Wildman–Crippen LogP) is 1.91. The summed E-state index contributed by atoms with van der Waals surface area (Å²) in [7, 11) is 2.99. The minimum absolute atomic E-state index is 0.269. The number of ether oxygens (including phenoxy) is 3. The third-order valence-electron chi connectivity index (χ3n) is 4.34. The zero-order valence-electron chi connectivity index (χ0n) is 15.1. The van der Waals surface area contributed by atoms with Gasteiger partial charge in [0.05, 0.1) is 38.0 Å². The van der Waals surface area contributed by atoms with Gasteiger partial charge in [-0.25, -0.2) is 10.6 Å². The lowest BCUT2D eigenvalue weighted by Crippen LogP contribution is -2.59. The van der Waals surface area contributed by atoms with Crippen LogP contribution in [0.5, 0.6) is 5.75 Å². The van der Waals surface area contributed by atoms with E-state index in [1.807, 2.05) is 0 Å². The standard InChI is InChI=1S/C17H24ClN3O5/c1-4-26-17(23)20-8-7-13(15(10-20)25-3)21(19)16(22)12-9-11(18)5-6-14(12)24-2/h5-6,9,13,15H,4,7-8,10,19H2,1-3H3. The van der Waals surface area contributed by atoms with Crippen molar-refractivity contribution in [3.63, 3.8) is 0 Å². The fraction of sp³-hybridized carbons (Fsp3) is 0.529. The molecule has 0 aliphatic carbocycles. The quantitative estimate of drug-likeness (QED) is 0.472. The molecule has 2 atom stereocenters. The van der Waals surface area contributed by atoms with E-state index in [-0.39, 0.29) is 12.1 Å². The monoisotopic (exact) mass is 385 g/mol. The second kappa shape index (κ2) is 9.07. The molecule has 144 valence electrons. The number of likely N-dealkylation sites (tertiary alicyclic amines) is 1. The van der Waals surface area contributed by atoms with Gasteiger partial charge in [0, 0.05) is 18.7 Å². The number of benzene rings is 1. The predicted molar refractivity (Wildman–Crippen MR) is 96.2 cm³/mol. The van der Waals surface area contributed by atoms with Gasteiger partial charge in [0.15, 0.2) is 0 Å². The van der Waals surface area contributed by atoms with Crippen LogP contribution in [0.3, 0.4) is 0 Å². The summed E-state index contributed by atoms with van der Waals surface area (Å²) in [5.74, 6) is 6.07. The fourth-order valence-corrected chi connectivity index (χ4v) is 3.14. The molecule has 0 bridgehead atoms. The fourth-order valence-electron chi connectivity index (χ4n) is 2.97. The van der Waals surface area contributed by atoms with E-state index in [1.165, 1.54) is 20.3 Å². The molecule has 0 spiro atoms. The van der Waals surface area contributed by atoms with Crippen molar-refractivity contribution >= 4 is 23.6 Å². The highest BCUT2D eigenvalue weighted by atomic mass is 35.5. The molecule has 1 aliphatic rings. The Bertz CT molecular complexity index is 657. The number of halogens is 1. The van der Waals surface area contributed by atoms with Gasteiger partial charge in [0.2, 0.25) is 0 Å². The van der Waals surface area contributed by atoms with Crippen LogP contribution in [0.25, 0.3) is 0 Å². The minimum atomic E-state index is -0.438. The SMILES string of the molecule is CCOC(=O)N1CCC(N(N)C(=O)c2cc(Cl)ccc2OC)C(OC)C1. The van der Waals surface area contributed by atoms with E-state index in [2.05, 4.69) is 0 Å². The van der Waals surface area contributed by atoms with Gasteiger partial charge < -0.3 is 19.1 Å². The van der Waals surface area contributed by atoms with Crippen LogP contribution in [0.1, 0.15) is 23.7 Å². The number of hydrogen-bond acceptors (Lipinski definition) is 6. The number of carbonyl (C=O) groups excluding carboxylic acids is 2. The van der Waals surface area contributed by atoms with Gasteiger partial charge in [-0.1, -0.05) is 11.6 Å². The Morgan fingerprint density at radius 1 is 1.38 bits per heavy atom. The van der Waals surface area contributed by atoms with Gasteiger partial charge in [-0.05, 0) is 31.5 Å². The van der Waals surface area contributed by atoms with Crippen molar-refractivity contribution in [3.05, 3.63) is 28.8 Å². The maximum absolute atomic E-state index is 12.9. The van der Waals surface area contributed by atoms with Crippen molar-refractivity contribution in [1.82, 2.24) is 9.91 Å². The lowest BCUT2D eigenvalue weighted by Gasteiger charge is -2.40. The zero-order valence-corrected chi connectivity index (χ0v) is 15.9. The molecule has 1 aromatic carbocycles. The summed E-state index contributed by atoms with van der Waals surface area (Å²) < 4.78 is 15.7. The van der Waals surface area contributed by atoms with Gasteiger partial charge in [-0.2, -0.15) is 0 Å². The van der Waals surface area contributed by atoms with Crippen molar-refractivity contribution in [3.8, 4) is 5.75 Å². The summed E-state index contributed by atoms with van der Waals surface area (Å²) in [4.78, 5) is 26.3. The molecule has 1 saturated heterocycles. The van der Waals surface area contributed by atoms with E-state index in [1.54, 1.807) is 24.0 Å². The minimum Gasteiger partial charge on any atom is -0.496 e. The van der Waals surface area contributed by atoms with Crippen molar-refractivity contribution in [2.45, 2.75) is 25.5 Å². The molecule has 0 saturated carbocycles. The number of amides is 2. The molecule has 9 heteroatoms. The number of piperidine rings is 1. The maximum atomic E-state index is 12.9. The van der Waals surface area contributed by atoms with Crippen molar-refractivity contribution in [1.29, 1.82) is 0 Å². The first-order valence-corrected chi connectivity index (χ1v) is 8.67. The molecule has 1 heterocycles. The lowest BCUT2D eigenvalue weighted by molar-refractivity contribution is -0.0301. The van der Waals surface area contributed by atoms with Crippen LogP contribution in [-0.2, 0) is 9.47 Å². The van der Waals surface area contributed by atoms with E-state index in [9.17, 15) is 9.59 Å². The Balaban J connectivity index is 2.16. The van der Waals surface area contributed by atoms with Gasteiger partial charge in [0.25, 0.3) is 5.91 Å². The molecule has 8 nitrogen and oxygen atoms in total. The molecule has 2 N–H and O–H groups in total. The average molecular weight is 386 g/mol. The smallest absolute Gasteiger partial charge is 0.409 e. The summed E-state index contributed by atoms with van der Waals surface area (Å²) in [6, 6.07) is 4.36. The topological polar surface area (TPSA) is 94.3 Å². The van der Waals surface area contributed by atoms with Crippen LogP contribution in [0, 0.1) is 0 Å².